The van der Waals surface area contributed by atoms with Crippen LogP contribution >= 0.6 is 22.4 Å². The summed E-state index contributed by atoms with van der Waals surface area (Å²) in [6.07, 6.45) is 0.200. The summed E-state index contributed by atoms with van der Waals surface area (Å²) in [6, 6.07) is 44.4. The third-order valence-corrected chi connectivity index (χ3v) is 12.9. The van der Waals surface area contributed by atoms with E-state index in [1.54, 1.807) is 36.4 Å². The van der Waals surface area contributed by atoms with Gasteiger partial charge in [-0.05, 0) is 113 Å². The molecular formula is C53H43ClF4N2O6S2. The van der Waals surface area contributed by atoms with E-state index in [2.05, 4.69) is 10.6 Å². The van der Waals surface area contributed by atoms with Crippen LogP contribution in [0.4, 0.5) is 17.6 Å². The molecule has 7 aromatic rings. The summed E-state index contributed by atoms with van der Waals surface area (Å²) >= 11 is 1.40. The first-order valence-electron chi connectivity index (χ1n) is 21.1. The Bertz CT molecular complexity index is 2950. The van der Waals surface area contributed by atoms with E-state index in [4.69, 9.17) is 10.7 Å². The first-order valence-corrected chi connectivity index (χ1v) is 24.3. The van der Waals surface area contributed by atoms with Crippen molar-refractivity contribution in [1.29, 1.82) is 0 Å². The zero-order chi connectivity index (χ0) is 48.6. The Morgan fingerprint density at radius 1 is 0.485 bits per heavy atom. The van der Waals surface area contributed by atoms with Gasteiger partial charge in [0.1, 0.15) is 28.2 Å². The number of halogens is 5. The molecule has 0 spiro atoms. The van der Waals surface area contributed by atoms with Crippen LogP contribution in [0.1, 0.15) is 48.5 Å². The van der Waals surface area contributed by atoms with Crippen molar-refractivity contribution in [1.82, 2.24) is 10.6 Å². The molecule has 2 N–H and O–H groups in total. The van der Waals surface area contributed by atoms with Crippen LogP contribution in [0.15, 0.2) is 186 Å². The van der Waals surface area contributed by atoms with Gasteiger partial charge < -0.3 is 10.6 Å². The number of carbonyl (C=O) groups is 4. The fraction of sp³-hybridized carbons (Fsp3) is 0.132. The largest absolute Gasteiger partial charge is 0.342 e. The van der Waals surface area contributed by atoms with Crippen LogP contribution in [0, 0.1) is 23.3 Å². The average molecular weight is 980 g/mol. The first kappa shape index (κ1) is 50.5. The van der Waals surface area contributed by atoms with Crippen LogP contribution in [0.2, 0.25) is 0 Å². The van der Waals surface area contributed by atoms with Crippen LogP contribution in [0.25, 0.3) is 0 Å². The molecule has 0 saturated carbocycles. The Morgan fingerprint density at radius 2 is 0.882 bits per heavy atom. The van der Waals surface area contributed by atoms with Crippen LogP contribution in [-0.2, 0) is 50.1 Å². The Kier molecular flexibility index (Phi) is 18.0. The number of benzene rings is 7. The molecule has 0 saturated heterocycles. The smallest absolute Gasteiger partial charge is 0.264 e. The highest BCUT2D eigenvalue weighted by Gasteiger charge is 2.25. The molecule has 8 nitrogen and oxygen atoms in total. The van der Waals surface area contributed by atoms with Crippen molar-refractivity contribution >= 4 is 54.9 Å². The summed E-state index contributed by atoms with van der Waals surface area (Å²) in [5.41, 5.74) is 3.98. The van der Waals surface area contributed by atoms with E-state index in [1.807, 2.05) is 66.7 Å². The van der Waals surface area contributed by atoms with Crippen molar-refractivity contribution in [3.63, 3.8) is 0 Å². The maximum absolute atomic E-state index is 14.8. The summed E-state index contributed by atoms with van der Waals surface area (Å²) < 4.78 is 78.0. The van der Waals surface area contributed by atoms with Crippen molar-refractivity contribution in [2.75, 3.05) is 0 Å². The van der Waals surface area contributed by atoms with Crippen LogP contribution < -0.4 is 10.6 Å². The Balaban J connectivity index is 0.000000226. The number of amides is 2. The van der Waals surface area contributed by atoms with Crippen molar-refractivity contribution < 1.29 is 45.2 Å². The molecule has 348 valence electrons. The zero-order valence-electron chi connectivity index (χ0n) is 36.1. The molecule has 68 heavy (non-hydrogen) atoms. The molecule has 0 radical (unpaired) electrons. The lowest BCUT2D eigenvalue weighted by Crippen LogP contribution is -2.43. The molecule has 2 atom stereocenters. The van der Waals surface area contributed by atoms with Gasteiger partial charge in [0, 0.05) is 45.3 Å². The maximum atomic E-state index is 14.8. The van der Waals surface area contributed by atoms with Gasteiger partial charge in [-0.2, -0.15) is 0 Å². The Labute approximate surface area is 400 Å². The van der Waals surface area contributed by atoms with Gasteiger partial charge in [-0.3, -0.25) is 19.2 Å². The summed E-state index contributed by atoms with van der Waals surface area (Å²) in [7, 11) is 0.925. The van der Waals surface area contributed by atoms with Crippen molar-refractivity contribution in [2.24, 2.45) is 0 Å². The van der Waals surface area contributed by atoms with E-state index in [0.717, 1.165) is 41.0 Å². The number of hydrogen-bond donors (Lipinski definition) is 2. The third-order valence-electron chi connectivity index (χ3n) is 10.4. The van der Waals surface area contributed by atoms with E-state index in [-0.39, 0.29) is 47.6 Å². The van der Waals surface area contributed by atoms with Gasteiger partial charge >= 0.3 is 0 Å². The number of ketones is 2. The van der Waals surface area contributed by atoms with Crippen LogP contribution in [0.5, 0.6) is 0 Å². The average Bonchev–Trinajstić information content (AvgIpc) is 3.32. The molecule has 7 rings (SSSR count). The highest BCUT2D eigenvalue weighted by Crippen LogP contribution is 2.27. The van der Waals surface area contributed by atoms with Gasteiger partial charge in [-0.1, -0.05) is 103 Å². The Morgan fingerprint density at radius 3 is 1.28 bits per heavy atom. The van der Waals surface area contributed by atoms with Gasteiger partial charge in [0.2, 0.25) is 0 Å². The SMILES string of the molecule is O=C(N[C@@H](Cc1ccccc1)C(=O)Cc1ccc(S(=O)(=O)Cl)c(F)c1)c1ccc(F)cc1.O=C(N[C@@H](Cc1ccccc1)C(=O)Cc1ccc(SCc2ccccc2)c(F)c1)c1ccc(F)cc1. The molecule has 0 aliphatic heterocycles. The van der Waals surface area contributed by atoms with Crippen molar-refractivity contribution in [3.8, 4) is 0 Å². The number of nitrogens with one attached hydrogen (secondary N) is 2. The van der Waals surface area contributed by atoms with E-state index in [0.29, 0.717) is 22.6 Å². The molecule has 0 bridgehead atoms. The monoisotopic (exact) mass is 978 g/mol. The number of thioether (sulfide) groups is 1. The van der Waals surface area contributed by atoms with E-state index >= 15 is 0 Å². The standard InChI is InChI=1S/C30H25F2NO2S.C23H18ClF2NO4S/c31-25-14-12-24(13-15-25)30(35)33-27(18-21-7-3-1-4-8-21)28(34)19-23-11-16-29(26(32)17-23)36-20-22-9-5-2-6-10-22;24-32(30,31)22-11-6-16(12-19(22)26)14-21(28)20(13-15-4-2-1-3-5-15)27-23(29)17-7-9-18(25)10-8-17/h1-17,27H,18-20H2,(H,33,35);1-12,20H,13-14H2,(H,27,29)/t27-;20-/m00/s1. The summed E-state index contributed by atoms with van der Waals surface area (Å²) in [5, 5.41) is 5.43. The first-order chi connectivity index (χ1) is 32.6. The lowest BCUT2D eigenvalue weighted by atomic mass is 9.97. The quantitative estimate of drug-likeness (QED) is 0.0498. The molecule has 2 amide bonds. The highest BCUT2D eigenvalue weighted by molar-refractivity contribution is 8.13. The minimum Gasteiger partial charge on any atom is -0.342 e. The zero-order valence-corrected chi connectivity index (χ0v) is 38.5. The van der Waals surface area contributed by atoms with Crippen molar-refractivity contribution in [3.05, 3.63) is 238 Å². The third kappa shape index (κ3) is 15.3. The lowest BCUT2D eigenvalue weighted by molar-refractivity contribution is -0.121. The topological polar surface area (TPSA) is 126 Å². The molecule has 0 fully saturated rings. The molecule has 0 aromatic heterocycles. The molecule has 0 aliphatic carbocycles. The molecule has 0 heterocycles. The second-order valence-corrected chi connectivity index (χ2v) is 19.0. The van der Waals surface area contributed by atoms with Gasteiger partial charge in [0.25, 0.3) is 20.9 Å². The maximum Gasteiger partial charge on any atom is 0.264 e. The predicted molar refractivity (Wildman–Crippen MR) is 255 cm³/mol. The second-order valence-electron chi connectivity index (χ2n) is 15.5. The van der Waals surface area contributed by atoms with Gasteiger partial charge in [-0.15, -0.1) is 11.8 Å². The molecule has 0 unspecified atom stereocenters. The second kappa shape index (κ2) is 24.2. The number of Topliss-reactive ketones (excluding diaryl/α,β-unsaturated/α-hetero) is 2. The predicted octanol–water partition coefficient (Wildman–Crippen LogP) is 10.5. The lowest BCUT2D eigenvalue weighted by Gasteiger charge is -2.18. The number of carbonyl (C=O) groups excluding carboxylic acids is 4. The van der Waals surface area contributed by atoms with Gasteiger partial charge in [-0.25, -0.2) is 26.0 Å². The summed E-state index contributed by atoms with van der Waals surface area (Å²) in [5.74, 6) is -3.43. The number of hydrogen-bond acceptors (Lipinski definition) is 7. The normalized spacial score (nSPS) is 11.9. The fourth-order valence-electron chi connectivity index (χ4n) is 6.88. The number of rotatable bonds is 18. The van der Waals surface area contributed by atoms with Crippen LogP contribution in [0.3, 0.4) is 0 Å². The fourth-order valence-corrected chi connectivity index (χ4v) is 8.66. The van der Waals surface area contributed by atoms with Gasteiger partial charge in [0.05, 0.1) is 12.1 Å². The van der Waals surface area contributed by atoms with E-state index in [9.17, 15) is 45.2 Å². The highest BCUT2D eigenvalue weighted by atomic mass is 35.7. The summed E-state index contributed by atoms with van der Waals surface area (Å²) in [6.45, 7) is 0. The van der Waals surface area contributed by atoms with E-state index in [1.165, 1.54) is 60.3 Å². The van der Waals surface area contributed by atoms with Crippen LogP contribution in [-0.4, -0.2) is 43.9 Å². The van der Waals surface area contributed by atoms with Gasteiger partial charge in [0.15, 0.2) is 11.6 Å². The minimum atomic E-state index is -4.26. The minimum absolute atomic E-state index is 0.0260. The van der Waals surface area contributed by atoms with Crippen molar-refractivity contribution in [2.45, 2.75) is 53.3 Å². The molecule has 7 aromatic carbocycles. The molecular weight excluding hydrogens is 936 g/mol. The Hall–Kier alpha value is -6.87. The summed E-state index contributed by atoms with van der Waals surface area (Å²) in [4.78, 5) is 51.4. The molecule has 15 heteroatoms. The molecule has 0 aliphatic rings. The van der Waals surface area contributed by atoms with E-state index < -0.39 is 61.1 Å².